The van der Waals surface area contributed by atoms with E-state index in [0.29, 0.717) is 6.42 Å². The number of allylic oxidation sites excluding steroid dienone is 1. The highest BCUT2D eigenvalue weighted by atomic mass is 19.4. The second-order valence-corrected chi connectivity index (χ2v) is 4.84. The maximum Gasteiger partial charge on any atom is 0.411 e. The fourth-order valence-corrected chi connectivity index (χ4v) is 1.86. The molecule has 1 aromatic carbocycles. The van der Waals surface area contributed by atoms with Crippen LogP contribution in [0.2, 0.25) is 0 Å². The van der Waals surface area contributed by atoms with Crippen LogP contribution >= 0.6 is 0 Å². The van der Waals surface area contributed by atoms with Gasteiger partial charge in [-0.05, 0) is 24.1 Å². The fourth-order valence-electron chi connectivity index (χ4n) is 1.86. The largest absolute Gasteiger partial charge is 0.411 e. The van der Waals surface area contributed by atoms with Crippen molar-refractivity contribution >= 4 is 5.69 Å². The molecule has 0 aliphatic carbocycles. The maximum absolute atomic E-state index is 12.1. The number of hydrogen-bond donors (Lipinski definition) is 0. The third-order valence-electron chi connectivity index (χ3n) is 2.92. The third kappa shape index (κ3) is 5.65. The van der Waals surface area contributed by atoms with Crippen molar-refractivity contribution in [3.8, 4) is 0 Å². The molecule has 112 valence electrons. The minimum absolute atomic E-state index is 0.0346. The Hall–Kier alpha value is -1.49. The molecule has 1 atom stereocenters. The number of anilines is 1. The lowest BCUT2D eigenvalue weighted by Gasteiger charge is -2.18. The van der Waals surface area contributed by atoms with Crippen LogP contribution in [0.25, 0.3) is 0 Å². The normalized spacial score (nSPS) is 13.1. The van der Waals surface area contributed by atoms with Crippen LogP contribution in [0, 0.1) is 0 Å². The standard InChI is InChI=1S/C15H20F3NO/c1-4-5-13(10-20-11-15(16,17)18)12-6-8-14(9-7-12)19(2)3/h4,6-9,13H,1,5,10-11H2,2-3H3. The summed E-state index contributed by atoms with van der Waals surface area (Å²) in [5.41, 5.74) is 2.00. The van der Waals surface area contributed by atoms with E-state index in [1.54, 1.807) is 6.08 Å². The molecule has 0 saturated heterocycles. The Bertz CT molecular complexity index is 412. The predicted octanol–water partition coefficient (Wildman–Crippen LogP) is 3.99. The van der Waals surface area contributed by atoms with E-state index in [1.807, 2.05) is 43.3 Å². The molecule has 1 unspecified atom stereocenters. The molecule has 0 aliphatic heterocycles. The molecule has 0 aromatic heterocycles. The molecule has 0 spiro atoms. The van der Waals surface area contributed by atoms with Gasteiger partial charge in [0, 0.05) is 25.7 Å². The van der Waals surface area contributed by atoms with Gasteiger partial charge in [0.1, 0.15) is 6.61 Å². The van der Waals surface area contributed by atoms with Crippen LogP contribution in [-0.4, -0.2) is 33.5 Å². The lowest BCUT2D eigenvalue weighted by atomic mass is 9.96. The summed E-state index contributed by atoms with van der Waals surface area (Å²) >= 11 is 0. The molecule has 0 heterocycles. The van der Waals surface area contributed by atoms with E-state index in [0.717, 1.165) is 11.3 Å². The van der Waals surface area contributed by atoms with Crippen LogP contribution in [0.4, 0.5) is 18.9 Å². The zero-order valence-electron chi connectivity index (χ0n) is 11.8. The SMILES string of the molecule is C=CCC(COCC(F)(F)F)c1ccc(N(C)C)cc1. The molecular formula is C15H20F3NO. The Morgan fingerprint density at radius 3 is 2.30 bits per heavy atom. The lowest BCUT2D eigenvalue weighted by Crippen LogP contribution is -2.19. The Kier molecular flexibility index (Phi) is 6.07. The van der Waals surface area contributed by atoms with Crippen molar-refractivity contribution in [2.24, 2.45) is 0 Å². The number of hydrogen-bond acceptors (Lipinski definition) is 2. The molecular weight excluding hydrogens is 267 g/mol. The van der Waals surface area contributed by atoms with Gasteiger partial charge in [-0.15, -0.1) is 6.58 Å². The van der Waals surface area contributed by atoms with E-state index in [4.69, 9.17) is 4.74 Å². The second-order valence-electron chi connectivity index (χ2n) is 4.84. The highest BCUT2D eigenvalue weighted by Gasteiger charge is 2.28. The van der Waals surface area contributed by atoms with Gasteiger partial charge < -0.3 is 9.64 Å². The number of benzene rings is 1. The molecule has 0 N–H and O–H groups in total. The number of alkyl halides is 3. The molecule has 2 nitrogen and oxygen atoms in total. The Morgan fingerprint density at radius 1 is 1.25 bits per heavy atom. The average Bonchev–Trinajstić information content (AvgIpc) is 2.36. The highest BCUT2D eigenvalue weighted by molar-refractivity contribution is 5.46. The summed E-state index contributed by atoms with van der Waals surface area (Å²) in [6.45, 7) is 2.47. The first kappa shape index (κ1) is 16.6. The molecule has 0 bridgehead atoms. The van der Waals surface area contributed by atoms with Gasteiger partial charge in [0.25, 0.3) is 0 Å². The number of ether oxygens (including phenoxy) is 1. The maximum atomic E-state index is 12.1. The zero-order valence-corrected chi connectivity index (χ0v) is 11.8. The van der Waals surface area contributed by atoms with Crippen molar-refractivity contribution in [2.75, 3.05) is 32.2 Å². The first-order chi connectivity index (χ1) is 9.33. The van der Waals surface area contributed by atoms with E-state index in [1.165, 1.54) is 0 Å². The molecule has 20 heavy (non-hydrogen) atoms. The topological polar surface area (TPSA) is 12.5 Å². The number of nitrogens with zero attached hydrogens (tertiary/aromatic N) is 1. The molecule has 0 aliphatic rings. The van der Waals surface area contributed by atoms with Crippen LogP contribution in [0.15, 0.2) is 36.9 Å². The molecule has 0 saturated carbocycles. The van der Waals surface area contributed by atoms with Crippen LogP contribution in [0.5, 0.6) is 0 Å². The predicted molar refractivity (Wildman–Crippen MR) is 75.2 cm³/mol. The minimum Gasteiger partial charge on any atom is -0.378 e. The second kappa shape index (κ2) is 7.33. The summed E-state index contributed by atoms with van der Waals surface area (Å²) in [6.07, 6.45) is -2.01. The van der Waals surface area contributed by atoms with Crippen molar-refractivity contribution in [2.45, 2.75) is 18.5 Å². The number of rotatable bonds is 7. The van der Waals surface area contributed by atoms with E-state index >= 15 is 0 Å². The van der Waals surface area contributed by atoms with E-state index < -0.39 is 12.8 Å². The van der Waals surface area contributed by atoms with Crippen molar-refractivity contribution in [3.05, 3.63) is 42.5 Å². The summed E-state index contributed by atoms with van der Waals surface area (Å²) in [7, 11) is 3.87. The Balaban J connectivity index is 2.67. The summed E-state index contributed by atoms with van der Waals surface area (Å²) in [5.74, 6) is -0.105. The van der Waals surface area contributed by atoms with E-state index in [-0.39, 0.29) is 12.5 Å². The molecule has 0 fully saturated rings. The molecule has 1 aromatic rings. The van der Waals surface area contributed by atoms with Crippen LogP contribution in [0.3, 0.4) is 0 Å². The van der Waals surface area contributed by atoms with Gasteiger partial charge in [0.05, 0.1) is 6.61 Å². The average molecular weight is 287 g/mol. The smallest absolute Gasteiger partial charge is 0.378 e. The first-order valence-corrected chi connectivity index (χ1v) is 6.36. The fraction of sp³-hybridized carbons (Fsp3) is 0.467. The van der Waals surface area contributed by atoms with Crippen LogP contribution in [0.1, 0.15) is 17.9 Å². The van der Waals surface area contributed by atoms with Gasteiger partial charge in [-0.3, -0.25) is 0 Å². The van der Waals surface area contributed by atoms with E-state index in [9.17, 15) is 13.2 Å². The minimum atomic E-state index is -4.28. The summed E-state index contributed by atoms with van der Waals surface area (Å²) in [6, 6.07) is 7.71. The van der Waals surface area contributed by atoms with Gasteiger partial charge in [-0.25, -0.2) is 0 Å². The molecule has 1 rings (SSSR count). The third-order valence-corrected chi connectivity index (χ3v) is 2.92. The molecule has 0 amide bonds. The quantitative estimate of drug-likeness (QED) is 0.703. The van der Waals surface area contributed by atoms with Crippen LogP contribution < -0.4 is 4.90 Å². The van der Waals surface area contributed by atoms with Crippen molar-refractivity contribution in [1.82, 2.24) is 0 Å². The zero-order chi connectivity index (χ0) is 15.2. The molecule has 0 radical (unpaired) electrons. The van der Waals surface area contributed by atoms with Crippen molar-refractivity contribution in [3.63, 3.8) is 0 Å². The van der Waals surface area contributed by atoms with Gasteiger partial charge >= 0.3 is 6.18 Å². The van der Waals surface area contributed by atoms with Crippen LogP contribution in [-0.2, 0) is 4.74 Å². The van der Waals surface area contributed by atoms with Crippen molar-refractivity contribution in [1.29, 1.82) is 0 Å². The van der Waals surface area contributed by atoms with Gasteiger partial charge in [-0.2, -0.15) is 13.2 Å². The van der Waals surface area contributed by atoms with Gasteiger partial charge in [0.2, 0.25) is 0 Å². The monoisotopic (exact) mass is 287 g/mol. The summed E-state index contributed by atoms with van der Waals surface area (Å²) in [5, 5.41) is 0. The summed E-state index contributed by atoms with van der Waals surface area (Å²) in [4.78, 5) is 1.96. The van der Waals surface area contributed by atoms with Gasteiger partial charge in [0.15, 0.2) is 0 Å². The first-order valence-electron chi connectivity index (χ1n) is 6.36. The number of halogens is 3. The van der Waals surface area contributed by atoms with E-state index in [2.05, 4.69) is 6.58 Å². The van der Waals surface area contributed by atoms with Gasteiger partial charge in [-0.1, -0.05) is 18.2 Å². The molecule has 5 heteroatoms. The lowest BCUT2D eigenvalue weighted by molar-refractivity contribution is -0.174. The summed E-state index contributed by atoms with van der Waals surface area (Å²) < 4.78 is 41.0. The Morgan fingerprint density at radius 2 is 1.85 bits per heavy atom. The van der Waals surface area contributed by atoms with Crippen molar-refractivity contribution < 1.29 is 17.9 Å². The highest BCUT2D eigenvalue weighted by Crippen LogP contribution is 2.24. The Labute approximate surface area is 117 Å².